The Bertz CT molecular complexity index is 1820. The first-order valence-corrected chi connectivity index (χ1v) is 31.9. The maximum atomic E-state index is 13.2. The van der Waals surface area contributed by atoms with Gasteiger partial charge in [-0.3, -0.25) is 14.4 Å². The van der Waals surface area contributed by atoms with Gasteiger partial charge in [0, 0.05) is 19.3 Å². The zero-order valence-corrected chi connectivity index (χ0v) is 50.7. The van der Waals surface area contributed by atoms with E-state index in [9.17, 15) is 34.5 Å². The zero-order chi connectivity index (χ0) is 58.9. The summed E-state index contributed by atoms with van der Waals surface area (Å²) in [7, 11) is 0. The van der Waals surface area contributed by atoms with Gasteiger partial charge in [0.05, 0.1) is 6.61 Å². The normalized spacial score (nSPS) is 18.5. The van der Waals surface area contributed by atoms with Gasteiger partial charge in [-0.2, -0.15) is 0 Å². The van der Waals surface area contributed by atoms with Crippen LogP contribution >= 0.6 is 0 Å². The summed E-state index contributed by atoms with van der Waals surface area (Å²) in [6.45, 7) is 5.73. The number of aliphatic carboxylic acids is 1. The highest BCUT2D eigenvalue weighted by molar-refractivity contribution is 5.74. The smallest absolute Gasteiger partial charge is 0.335 e. The van der Waals surface area contributed by atoms with Crippen molar-refractivity contribution in [2.24, 2.45) is 0 Å². The molecule has 0 aromatic heterocycles. The molecule has 1 aliphatic heterocycles. The molecule has 12 heteroatoms. The van der Waals surface area contributed by atoms with Gasteiger partial charge in [-0.25, -0.2) is 4.79 Å². The second kappa shape index (κ2) is 55.9. The van der Waals surface area contributed by atoms with Crippen molar-refractivity contribution in [2.75, 3.05) is 13.2 Å². The Morgan fingerprint density at radius 3 is 1.21 bits per heavy atom. The van der Waals surface area contributed by atoms with E-state index in [1.54, 1.807) is 0 Å². The molecule has 81 heavy (non-hydrogen) atoms. The molecule has 0 saturated carbocycles. The van der Waals surface area contributed by atoms with Crippen molar-refractivity contribution < 1.29 is 58.2 Å². The minimum atomic E-state index is -1.92. The monoisotopic (exact) mass is 1130 g/mol. The van der Waals surface area contributed by atoms with E-state index in [0.29, 0.717) is 25.7 Å². The summed E-state index contributed by atoms with van der Waals surface area (Å²) >= 11 is 0. The summed E-state index contributed by atoms with van der Waals surface area (Å²) in [5, 5.41) is 31.5. The van der Waals surface area contributed by atoms with Crippen LogP contribution in [0.15, 0.2) is 109 Å². The number of hydrogen-bond acceptors (Lipinski definition) is 11. The Kier molecular flexibility index (Phi) is 51.3. The summed E-state index contributed by atoms with van der Waals surface area (Å²) in [6, 6.07) is 0. The van der Waals surface area contributed by atoms with Crippen LogP contribution in [0.3, 0.4) is 0 Å². The van der Waals surface area contributed by atoms with Crippen molar-refractivity contribution in [2.45, 2.75) is 289 Å². The molecular weight excluding hydrogens is 1020 g/mol. The summed E-state index contributed by atoms with van der Waals surface area (Å²) in [5.74, 6) is -3.20. The predicted octanol–water partition coefficient (Wildman–Crippen LogP) is 17.0. The van der Waals surface area contributed by atoms with E-state index in [2.05, 4.69) is 130 Å². The van der Waals surface area contributed by atoms with Gasteiger partial charge in [0.1, 0.15) is 18.8 Å². The lowest BCUT2D eigenvalue weighted by Gasteiger charge is -2.40. The SMILES string of the molecule is CC/C=C\C/C=C\C/C=C\C/C=C\CCCCC(=O)OC1C(OCC(COC(=O)CCCCCCCCCCC/C=C\C/C=C\CCCCC)OC(=O)CCCCCCCCC/C=C\C/C=C\C/C=C\CC)OC(C(=O)O)C(O)C1O. The Hall–Kier alpha value is -4.62. The lowest BCUT2D eigenvalue weighted by Crippen LogP contribution is -2.61. The van der Waals surface area contributed by atoms with E-state index >= 15 is 0 Å². The largest absolute Gasteiger partial charge is 0.479 e. The van der Waals surface area contributed by atoms with Gasteiger partial charge in [-0.05, 0) is 122 Å². The lowest BCUT2D eigenvalue weighted by atomic mass is 9.98. The third-order valence-electron chi connectivity index (χ3n) is 13.8. The highest BCUT2D eigenvalue weighted by atomic mass is 16.7. The zero-order valence-electron chi connectivity index (χ0n) is 50.7. The molecule has 1 heterocycles. The van der Waals surface area contributed by atoms with Gasteiger partial charge < -0.3 is 39.0 Å². The van der Waals surface area contributed by atoms with Crippen LogP contribution in [0.5, 0.6) is 0 Å². The number of carbonyl (C=O) groups excluding carboxylic acids is 3. The number of carboxylic acid groups (broad SMARTS) is 1. The van der Waals surface area contributed by atoms with Crippen LogP contribution in [0.4, 0.5) is 0 Å². The Balaban J connectivity index is 2.70. The molecule has 1 saturated heterocycles. The molecule has 6 unspecified atom stereocenters. The third-order valence-corrected chi connectivity index (χ3v) is 13.8. The number of carbonyl (C=O) groups is 4. The highest BCUT2D eigenvalue weighted by Crippen LogP contribution is 2.26. The van der Waals surface area contributed by atoms with Crippen LogP contribution in [0.2, 0.25) is 0 Å². The van der Waals surface area contributed by atoms with E-state index in [1.165, 1.54) is 57.8 Å². The molecule has 0 spiro atoms. The fourth-order valence-corrected chi connectivity index (χ4v) is 8.99. The maximum absolute atomic E-state index is 13.2. The summed E-state index contributed by atoms with van der Waals surface area (Å²) < 4.78 is 28.5. The number of rotatable bonds is 53. The molecule has 0 bridgehead atoms. The first-order valence-electron chi connectivity index (χ1n) is 31.9. The van der Waals surface area contributed by atoms with Crippen LogP contribution in [0, 0.1) is 0 Å². The number of carboxylic acids is 1. The maximum Gasteiger partial charge on any atom is 0.335 e. The van der Waals surface area contributed by atoms with Crippen LogP contribution in [0.25, 0.3) is 0 Å². The molecule has 0 aromatic rings. The summed E-state index contributed by atoms with van der Waals surface area (Å²) in [4.78, 5) is 51.3. The van der Waals surface area contributed by atoms with Crippen LogP contribution in [-0.4, -0.2) is 89.2 Å². The van der Waals surface area contributed by atoms with E-state index in [4.69, 9.17) is 23.7 Å². The summed E-state index contributed by atoms with van der Waals surface area (Å²) in [6.07, 6.45) is 63.3. The molecule has 460 valence electrons. The Labute approximate surface area is 491 Å². The molecule has 0 aliphatic carbocycles. The molecule has 1 fully saturated rings. The number of aliphatic hydroxyl groups excluding tert-OH is 2. The van der Waals surface area contributed by atoms with E-state index in [-0.39, 0.29) is 25.9 Å². The van der Waals surface area contributed by atoms with E-state index < -0.39 is 67.3 Å². The number of esters is 3. The first-order chi connectivity index (χ1) is 39.6. The van der Waals surface area contributed by atoms with Crippen LogP contribution in [-0.2, 0) is 42.9 Å². The van der Waals surface area contributed by atoms with Crippen molar-refractivity contribution >= 4 is 23.9 Å². The van der Waals surface area contributed by atoms with Gasteiger partial charge in [0.15, 0.2) is 24.6 Å². The van der Waals surface area contributed by atoms with Crippen molar-refractivity contribution in [3.8, 4) is 0 Å². The topological polar surface area (TPSA) is 175 Å². The third kappa shape index (κ3) is 45.6. The first kappa shape index (κ1) is 74.4. The molecule has 12 nitrogen and oxygen atoms in total. The van der Waals surface area contributed by atoms with Gasteiger partial charge in [0.2, 0.25) is 0 Å². The molecule has 1 rings (SSSR count). The standard InChI is InChI=1S/C69H112O12/c1-4-7-10-13-16-19-22-25-28-30-31-33-35-37-40-43-46-49-52-55-61(70)77-58-60(79-62(71)56-53-50-47-44-41-39-36-32-29-26-23-20-17-14-11-8-5-2)59-78-69-67(65(74)64(73)66(81-69)68(75)76)80-63(72)57-54-51-48-45-42-38-34-27-24-21-18-15-12-9-6-3/h8-9,11-12,16-21,25-29,34,42,45,60,64-67,69,73-74H,4-7,10,13-15,22-24,30-33,35-41,43-44,46-59H2,1-3H3,(H,75,76)/b11-8-,12-9-,19-16-,20-17-,21-18-,28-25-,29-26-,34-27-,45-42-. The van der Waals surface area contributed by atoms with Crippen LogP contribution in [0.1, 0.15) is 252 Å². The number of allylic oxidation sites excluding steroid dienone is 18. The van der Waals surface area contributed by atoms with Crippen molar-refractivity contribution in [3.63, 3.8) is 0 Å². The van der Waals surface area contributed by atoms with E-state index in [1.807, 2.05) is 0 Å². The van der Waals surface area contributed by atoms with Gasteiger partial charge in [-0.15, -0.1) is 0 Å². The second-order valence-electron chi connectivity index (χ2n) is 21.3. The van der Waals surface area contributed by atoms with Gasteiger partial charge in [0.25, 0.3) is 0 Å². The fourth-order valence-electron chi connectivity index (χ4n) is 8.99. The summed E-state index contributed by atoms with van der Waals surface area (Å²) in [5.41, 5.74) is 0. The van der Waals surface area contributed by atoms with E-state index in [0.717, 1.165) is 128 Å². The predicted molar refractivity (Wildman–Crippen MR) is 330 cm³/mol. The van der Waals surface area contributed by atoms with Crippen LogP contribution < -0.4 is 0 Å². The van der Waals surface area contributed by atoms with Crippen molar-refractivity contribution in [1.82, 2.24) is 0 Å². The fraction of sp³-hybridized carbons (Fsp3) is 0.681. The highest BCUT2D eigenvalue weighted by Gasteiger charge is 2.50. The molecule has 0 radical (unpaired) electrons. The minimum Gasteiger partial charge on any atom is -0.479 e. The van der Waals surface area contributed by atoms with Gasteiger partial charge >= 0.3 is 23.9 Å². The molecule has 6 atom stereocenters. The number of ether oxygens (including phenoxy) is 5. The van der Waals surface area contributed by atoms with Crippen molar-refractivity contribution in [3.05, 3.63) is 109 Å². The second-order valence-corrected chi connectivity index (χ2v) is 21.3. The quantitative estimate of drug-likeness (QED) is 0.0228. The average Bonchev–Trinajstić information content (AvgIpc) is 3.53. The molecule has 3 N–H and O–H groups in total. The molecule has 0 aromatic carbocycles. The molecular formula is C69H112O12. The Morgan fingerprint density at radius 1 is 0.420 bits per heavy atom. The number of aliphatic hydroxyl groups is 2. The number of unbranched alkanes of at least 4 members (excludes halogenated alkanes) is 21. The minimum absolute atomic E-state index is 0.00207. The van der Waals surface area contributed by atoms with Crippen molar-refractivity contribution in [1.29, 1.82) is 0 Å². The van der Waals surface area contributed by atoms with Gasteiger partial charge in [-0.1, -0.05) is 220 Å². The average molecular weight is 1130 g/mol. The molecule has 1 aliphatic rings. The molecule has 0 amide bonds. The number of hydrogen-bond donors (Lipinski definition) is 3. The lowest BCUT2D eigenvalue weighted by molar-refractivity contribution is -0.301. The Morgan fingerprint density at radius 2 is 0.778 bits per heavy atom.